The van der Waals surface area contributed by atoms with Crippen LogP contribution in [-0.4, -0.2) is 35.4 Å². The molecule has 0 bridgehead atoms. The molecule has 25 heavy (non-hydrogen) atoms. The summed E-state index contributed by atoms with van der Waals surface area (Å²) in [7, 11) is 0. The quantitative estimate of drug-likeness (QED) is 0.847. The van der Waals surface area contributed by atoms with Crippen LogP contribution in [0.3, 0.4) is 0 Å². The van der Waals surface area contributed by atoms with E-state index in [4.69, 9.17) is 4.74 Å². The second-order valence-electron chi connectivity index (χ2n) is 6.62. The lowest BCUT2D eigenvalue weighted by Crippen LogP contribution is -2.33. The molecule has 0 radical (unpaired) electrons. The maximum absolute atomic E-state index is 14.4. The minimum Gasteiger partial charge on any atom is -0.371 e. The summed E-state index contributed by atoms with van der Waals surface area (Å²) >= 11 is 0. The molecule has 5 nitrogen and oxygen atoms in total. The molecule has 2 heterocycles. The van der Waals surface area contributed by atoms with Crippen LogP contribution < -0.4 is 5.32 Å². The van der Waals surface area contributed by atoms with Crippen molar-refractivity contribution in [2.24, 2.45) is 0 Å². The number of hydrogen-bond donors (Lipinski definition) is 1. The van der Waals surface area contributed by atoms with Gasteiger partial charge in [0.25, 0.3) is 0 Å². The Morgan fingerprint density at radius 2 is 2.16 bits per heavy atom. The smallest absolute Gasteiger partial charge is 0.187 e. The molecule has 0 spiro atoms. The minimum atomic E-state index is -0.386. The predicted molar refractivity (Wildman–Crippen MR) is 90.0 cm³/mol. The van der Waals surface area contributed by atoms with Gasteiger partial charge in [-0.1, -0.05) is 12.1 Å². The van der Waals surface area contributed by atoms with E-state index in [1.54, 1.807) is 12.3 Å². The van der Waals surface area contributed by atoms with Crippen LogP contribution in [-0.2, 0) is 11.2 Å². The molecule has 2 fully saturated rings. The Labute approximate surface area is 145 Å². The first-order valence-corrected chi connectivity index (χ1v) is 8.66. The number of hydrogen-bond acceptors (Lipinski definition) is 5. The summed E-state index contributed by atoms with van der Waals surface area (Å²) in [4.78, 5) is 20.8. The molecule has 0 unspecified atom stereocenters. The molecule has 2 aliphatic rings. The fourth-order valence-corrected chi connectivity index (χ4v) is 3.02. The lowest BCUT2D eigenvalue weighted by molar-refractivity contribution is 0.0275. The monoisotopic (exact) mass is 341 g/mol. The summed E-state index contributed by atoms with van der Waals surface area (Å²) in [5.74, 6) is -0.113. The number of aromatic nitrogens is 2. The zero-order valence-electron chi connectivity index (χ0n) is 13.9. The predicted octanol–water partition coefficient (Wildman–Crippen LogP) is 2.58. The van der Waals surface area contributed by atoms with Gasteiger partial charge >= 0.3 is 0 Å². The molecule has 0 amide bonds. The molecule has 2 aromatic rings. The summed E-state index contributed by atoms with van der Waals surface area (Å²) in [6.45, 7) is 2.09. The summed E-state index contributed by atoms with van der Waals surface area (Å²) in [5, 5.41) is 3.22. The number of ether oxygens (including phenoxy) is 1. The van der Waals surface area contributed by atoms with E-state index in [0.29, 0.717) is 24.6 Å². The number of carbonyl (C=O) groups is 1. The molecule has 4 rings (SSSR count). The number of ketones is 1. The molecule has 130 valence electrons. The Morgan fingerprint density at radius 3 is 2.80 bits per heavy atom. The summed E-state index contributed by atoms with van der Waals surface area (Å²) in [6.07, 6.45) is 5.28. The second kappa shape index (κ2) is 6.98. The highest BCUT2D eigenvalue weighted by molar-refractivity contribution is 5.95. The first kappa shape index (κ1) is 16.3. The van der Waals surface area contributed by atoms with Crippen LogP contribution in [0.25, 0.3) is 0 Å². The molecule has 6 heteroatoms. The summed E-state index contributed by atoms with van der Waals surface area (Å²) < 4.78 is 20.0. The minimum absolute atomic E-state index is 0.0205. The standard InChI is InChI=1S/C19H20FN3O2/c20-15-7-14(19-11-21-5-6-25-19)4-3-13(15)8-18(24)17-10-22-16(9-23-17)12-1-2-12/h3-4,7,9-10,12,19,21H,1-2,5-6,8,11H2/t19-/m1/s1. The maximum atomic E-state index is 14.4. The van der Waals surface area contributed by atoms with Crippen molar-refractivity contribution in [2.75, 3.05) is 19.7 Å². The molecule has 1 saturated carbocycles. The number of halogens is 1. The molecule has 1 N–H and O–H groups in total. The van der Waals surface area contributed by atoms with Crippen molar-refractivity contribution >= 4 is 5.78 Å². The van der Waals surface area contributed by atoms with E-state index in [9.17, 15) is 9.18 Å². The van der Waals surface area contributed by atoms with Crippen LogP contribution in [0.2, 0.25) is 0 Å². The Kier molecular flexibility index (Phi) is 4.55. The van der Waals surface area contributed by atoms with Gasteiger partial charge in [-0.05, 0) is 30.0 Å². The molecule has 1 saturated heterocycles. The average molecular weight is 341 g/mol. The maximum Gasteiger partial charge on any atom is 0.187 e. The van der Waals surface area contributed by atoms with Crippen molar-refractivity contribution in [3.05, 3.63) is 58.9 Å². The van der Waals surface area contributed by atoms with Crippen molar-refractivity contribution in [1.82, 2.24) is 15.3 Å². The highest BCUT2D eigenvalue weighted by Crippen LogP contribution is 2.38. The first-order chi connectivity index (χ1) is 12.2. The fourth-order valence-electron chi connectivity index (χ4n) is 3.02. The lowest BCUT2D eigenvalue weighted by Gasteiger charge is -2.24. The van der Waals surface area contributed by atoms with Crippen molar-refractivity contribution in [1.29, 1.82) is 0 Å². The molecule has 1 aromatic heterocycles. The number of nitrogens with zero attached hydrogens (tertiary/aromatic N) is 2. The van der Waals surface area contributed by atoms with Crippen LogP contribution in [0.4, 0.5) is 4.39 Å². The van der Waals surface area contributed by atoms with Gasteiger partial charge < -0.3 is 10.1 Å². The van der Waals surface area contributed by atoms with Gasteiger partial charge in [-0.3, -0.25) is 9.78 Å². The van der Waals surface area contributed by atoms with E-state index >= 15 is 0 Å². The van der Waals surface area contributed by atoms with E-state index in [1.807, 2.05) is 6.07 Å². The van der Waals surface area contributed by atoms with Crippen LogP contribution in [0.15, 0.2) is 30.6 Å². The van der Waals surface area contributed by atoms with Gasteiger partial charge in [0.05, 0.1) is 24.6 Å². The normalized spacial score (nSPS) is 20.4. The third kappa shape index (κ3) is 3.75. The Balaban J connectivity index is 1.45. The van der Waals surface area contributed by atoms with Gasteiger partial charge in [-0.25, -0.2) is 9.37 Å². The van der Waals surface area contributed by atoms with Crippen molar-refractivity contribution < 1.29 is 13.9 Å². The van der Waals surface area contributed by atoms with E-state index in [0.717, 1.165) is 30.6 Å². The van der Waals surface area contributed by atoms with Crippen molar-refractivity contribution in [3.63, 3.8) is 0 Å². The van der Waals surface area contributed by atoms with Gasteiger partial charge in [-0.15, -0.1) is 0 Å². The van der Waals surface area contributed by atoms with Gasteiger partial charge in [0.2, 0.25) is 0 Å². The number of morpholine rings is 1. The zero-order chi connectivity index (χ0) is 17.2. The summed E-state index contributed by atoms with van der Waals surface area (Å²) in [5.41, 5.74) is 2.38. The van der Waals surface area contributed by atoms with E-state index in [2.05, 4.69) is 15.3 Å². The van der Waals surface area contributed by atoms with Crippen LogP contribution >= 0.6 is 0 Å². The average Bonchev–Trinajstić information content (AvgIpc) is 3.49. The number of carbonyl (C=O) groups excluding carboxylic acids is 1. The number of Topliss-reactive ketones (excluding diaryl/α,β-unsaturated/α-hetero) is 1. The molecule has 1 atom stereocenters. The van der Waals surface area contributed by atoms with Crippen molar-refractivity contribution in [2.45, 2.75) is 31.3 Å². The highest BCUT2D eigenvalue weighted by Gasteiger charge is 2.25. The molecule has 1 aliphatic heterocycles. The molecule has 1 aromatic carbocycles. The van der Waals surface area contributed by atoms with E-state index in [1.165, 1.54) is 12.3 Å². The van der Waals surface area contributed by atoms with Gasteiger partial charge in [0.15, 0.2) is 5.78 Å². The number of benzene rings is 1. The van der Waals surface area contributed by atoms with Crippen molar-refractivity contribution in [3.8, 4) is 0 Å². The Bertz CT molecular complexity index is 769. The molecule has 1 aliphatic carbocycles. The van der Waals surface area contributed by atoms with E-state index < -0.39 is 0 Å². The van der Waals surface area contributed by atoms with Crippen LogP contribution in [0.1, 0.15) is 52.2 Å². The fraction of sp³-hybridized carbons (Fsp3) is 0.421. The third-order valence-corrected chi connectivity index (χ3v) is 4.68. The highest BCUT2D eigenvalue weighted by atomic mass is 19.1. The molecular weight excluding hydrogens is 321 g/mol. The lowest BCUT2D eigenvalue weighted by atomic mass is 10.0. The SMILES string of the molecule is O=C(Cc1ccc([C@H]2CNCCO2)cc1F)c1cnc(C2CC2)cn1. The number of rotatable bonds is 5. The first-order valence-electron chi connectivity index (χ1n) is 8.66. The molecular formula is C19H20FN3O2. The van der Waals surface area contributed by atoms with Gasteiger partial charge in [0, 0.05) is 31.6 Å². The number of nitrogens with one attached hydrogen (secondary N) is 1. The topological polar surface area (TPSA) is 64.1 Å². The Morgan fingerprint density at radius 1 is 1.28 bits per heavy atom. The van der Waals surface area contributed by atoms with Gasteiger partial charge in [0.1, 0.15) is 11.5 Å². The van der Waals surface area contributed by atoms with Gasteiger partial charge in [-0.2, -0.15) is 0 Å². The largest absolute Gasteiger partial charge is 0.371 e. The third-order valence-electron chi connectivity index (χ3n) is 4.68. The van der Waals surface area contributed by atoms with Crippen LogP contribution in [0, 0.1) is 5.82 Å². The second-order valence-corrected chi connectivity index (χ2v) is 6.62. The van der Waals surface area contributed by atoms with E-state index in [-0.39, 0.29) is 29.8 Å². The van der Waals surface area contributed by atoms with Crippen LogP contribution in [0.5, 0.6) is 0 Å². The Hall–Kier alpha value is -2.18. The summed E-state index contributed by atoms with van der Waals surface area (Å²) in [6, 6.07) is 4.94. The zero-order valence-corrected chi connectivity index (χ0v) is 13.9.